The third-order valence-electron chi connectivity index (χ3n) is 5.83. The summed E-state index contributed by atoms with van der Waals surface area (Å²) < 4.78 is 34.2. The van der Waals surface area contributed by atoms with E-state index in [2.05, 4.69) is 15.5 Å². The van der Waals surface area contributed by atoms with Crippen LogP contribution in [0.2, 0.25) is 0 Å². The van der Waals surface area contributed by atoms with Crippen LogP contribution in [0.1, 0.15) is 28.7 Å². The number of benzene rings is 2. The number of sulfonamides is 1. The van der Waals surface area contributed by atoms with Crippen LogP contribution in [-0.2, 0) is 26.0 Å². The number of ether oxygens (including phenoxy) is 1. The molecule has 4 rings (SSSR count). The van der Waals surface area contributed by atoms with Crippen LogP contribution in [0, 0.1) is 6.92 Å². The summed E-state index contributed by atoms with van der Waals surface area (Å²) in [6.45, 7) is 5.25. The molecule has 2 aromatic carbocycles. The Labute approximate surface area is 220 Å². The highest BCUT2D eigenvalue weighted by Crippen LogP contribution is 2.24. The predicted molar refractivity (Wildman–Crippen MR) is 140 cm³/mol. The molecule has 0 saturated carbocycles. The lowest BCUT2D eigenvalue weighted by molar-refractivity contribution is -0.118. The van der Waals surface area contributed by atoms with Crippen molar-refractivity contribution in [1.29, 1.82) is 0 Å². The molecule has 1 aliphatic rings. The van der Waals surface area contributed by atoms with Gasteiger partial charge >= 0.3 is 0 Å². The Bertz CT molecular complexity index is 1350. The second kappa shape index (κ2) is 12.0. The molecule has 37 heavy (non-hydrogen) atoms. The van der Waals surface area contributed by atoms with Crippen LogP contribution in [-0.4, -0.2) is 77.8 Å². The number of morpholine rings is 1. The minimum Gasteiger partial charge on any atom is -0.379 e. The summed E-state index contributed by atoms with van der Waals surface area (Å²) in [7, 11) is -3.62. The molecule has 0 atom stereocenters. The van der Waals surface area contributed by atoms with Crippen LogP contribution < -0.4 is 5.32 Å². The number of thioether (sulfide) groups is 1. The Balaban J connectivity index is 1.47. The Morgan fingerprint density at radius 2 is 1.70 bits per heavy atom. The number of ketones is 1. The predicted octanol–water partition coefficient (Wildman–Crippen LogP) is 2.25. The van der Waals surface area contributed by atoms with Gasteiger partial charge in [0.15, 0.2) is 10.9 Å². The molecule has 196 valence electrons. The van der Waals surface area contributed by atoms with Crippen LogP contribution in [0.25, 0.3) is 5.69 Å². The van der Waals surface area contributed by atoms with Gasteiger partial charge in [0.25, 0.3) is 0 Å². The fraction of sp³-hybridized carbons (Fsp3) is 0.360. The largest absolute Gasteiger partial charge is 0.379 e. The molecule has 3 aromatic rings. The molecule has 1 aliphatic heterocycles. The van der Waals surface area contributed by atoms with Crippen LogP contribution >= 0.6 is 11.8 Å². The van der Waals surface area contributed by atoms with Crippen molar-refractivity contribution >= 4 is 33.5 Å². The van der Waals surface area contributed by atoms with E-state index in [4.69, 9.17) is 4.74 Å². The Morgan fingerprint density at radius 1 is 1.03 bits per heavy atom. The van der Waals surface area contributed by atoms with Crippen LogP contribution in [0.3, 0.4) is 0 Å². The van der Waals surface area contributed by atoms with E-state index in [1.165, 1.54) is 35.1 Å². The highest BCUT2D eigenvalue weighted by atomic mass is 32.2. The fourth-order valence-electron chi connectivity index (χ4n) is 3.82. The van der Waals surface area contributed by atoms with Gasteiger partial charge in [-0.15, -0.1) is 10.2 Å². The van der Waals surface area contributed by atoms with Crippen molar-refractivity contribution in [2.75, 3.05) is 38.6 Å². The summed E-state index contributed by atoms with van der Waals surface area (Å²) >= 11 is 1.25. The average Bonchev–Trinajstić information content (AvgIpc) is 3.30. The van der Waals surface area contributed by atoms with E-state index in [9.17, 15) is 18.0 Å². The Morgan fingerprint density at radius 3 is 2.35 bits per heavy atom. The molecule has 12 heteroatoms. The van der Waals surface area contributed by atoms with E-state index < -0.39 is 10.0 Å². The summed E-state index contributed by atoms with van der Waals surface area (Å²) in [4.78, 5) is 24.3. The smallest absolute Gasteiger partial charge is 0.243 e. The van der Waals surface area contributed by atoms with E-state index >= 15 is 0 Å². The molecule has 1 saturated heterocycles. The fourth-order valence-corrected chi connectivity index (χ4v) is 6.09. The van der Waals surface area contributed by atoms with Gasteiger partial charge < -0.3 is 10.1 Å². The molecule has 10 nitrogen and oxygen atoms in total. The maximum atomic E-state index is 12.9. The number of Topliss-reactive ketones (excluding diaryl/α,β-unsaturated/α-hetero) is 1. The van der Waals surface area contributed by atoms with Crippen molar-refractivity contribution in [2.24, 2.45) is 0 Å². The number of carbonyl (C=O) groups is 2. The first kappa shape index (κ1) is 27.0. The quantitative estimate of drug-likeness (QED) is 0.305. The van der Waals surface area contributed by atoms with Gasteiger partial charge in [-0.25, -0.2) is 8.42 Å². The molecule has 0 bridgehead atoms. The van der Waals surface area contributed by atoms with Gasteiger partial charge in [0.1, 0.15) is 5.82 Å². The lowest BCUT2D eigenvalue weighted by atomic mass is 10.1. The van der Waals surface area contributed by atoms with E-state index in [1.54, 1.807) is 12.1 Å². The van der Waals surface area contributed by atoms with Gasteiger partial charge in [-0.3, -0.25) is 14.2 Å². The molecule has 0 radical (unpaired) electrons. The van der Waals surface area contributed by atoms with Crippen molar-refractivity contribution in [3.05, 3.63) is 65.5 Å². The standard InChI is InChI=1S/C25H29N5O5S2/c1-18-3-7-21(8-4-18)30-24(11-12-26-19(2)31)27-28-25(30)36-17-23(32)20-5-9-22(10-6-20)37(33,34)29-13-15-35-16-14-29/h3-10H,11-17H2,1-2H3,(H,26,31). The zero-order chi connectivity index (χ0) is 26.4. The molecule has 0 aliphatic carbocycles. The van der Waals surface area contributed by atoms with Gasteiger partial charge in [0, 0.05) is 44.2 Å². The summed E-state index contributed by atoms with van der Waals surface area (Å²) in [5, 5.41) is 11.9. The maximum absolute atomic E-state index is 12.9. The first-order valence-corrected chi connectivity index (χ1v) is 14.3. The minimum atomic E-state index is -3.62. The molecule has 1 N–H and O–H groups in total. The topological polar surface area (TPSA) is 123 Å². The van der Waals surface area contributed by atoms with E-state index in [1.807, 2.05) is 35.8 Å². The third-order valence-corrected chi connectivity index (χ3v) is 8.67. The number of carbonyl (C=O) groups excluding carboxylic acids is 2. The summed E-state index contributed by atoms with van der Waals surface area (Å²) in [5.74, 6) is 0.500. The van der Waals surface area contributed by atoms with E-state index in [0.29, 0.717) is 55.8 Å². The molecular weight excluding hydrogens is 514 g/mol. The number of rotatable bonds is 10. The molecule has 0 unspecified atom stereocenters. The first-order chi connectivity index (χ1) is 17.8. The van der Waals surface area contributed by atoms with Gasteiger partial charge in [-0.1, -0.05) is 41.6 Å². The monoisotopic (exact) mass is 543 g/mol. The molecule has 0 spiro atoms. The number of hydrogen-bond donors (Lipinski definition) is 1. The zero-order valence-corrected chi connectivity index (χ0v) is 22.3. The van der Waals surface area contributed by atoms with Crippen LogP contribution in [0.5, 0.6) is 0 Å². The highest BCUT2D eigenvalue weighted by Gasteiger charge is 2.26. The summed E-state index contributed by atoms with van der Waals surface area (Å²) in [6.07, 6.45) is 0.480. The van der Waals surface area contributed by atoms with E-state index in [0.717, 1.165) is 11.3 Å². The molecule has 1 aromatic heterocycles. The lowest BCUT2D eigenvalue weighted by Crippen LogP contribution is -2.40. The van der Waals surface area contributed by atoms with Crippen molar-refractivity contribution in [1.82, 2.24) is 24.4 Å². The van der Waals surface area contributed by atoms with Crippen molar-refractivity contribution in [2.45, 2.75) is 30.3 Å². The number of amides is 1. The maximum Gasteiger partial charge on any atom is 0.243 e. The number of nitrogens with one attached hydrogen (secondary N) is 1. The van der Waals surface area contributed by atoms with Gasteiger partial charge in [-0.2, -0.15) is 4.31 Å². The van der Waals surface area contributed by atoms with Gasteiger partial charge in [0.05, 0.1) is 23.9 Å². The number of aromatic nitrogens is 3. The second-order valence-electron chi connectivity index (χ2n) is 8.56. The summed E-state index contributed by atoms with van der Waals surface area (Å²) in [6, 6.07) is 13.9. The SMILES string of the molecule is CC(=O)NCCc1nnc(SCC(=O)c2ccc(S(=O)(=O)N3CCOCC3)cc2)n1-c1ccc(C)cc1. The molecule has 2 heterocycles. The molecular formula is C25H29N5O5S2. The lowest BCUT2D eigenvalue weighted by Gasteiger charge is -2.26. The second-order valence-corrected chi connectivity index (χ2v) is 11.4. The van der Waals surface area contributed by atoms with Crippen molar-refractivity contribution in [3.63, 3.8) is 0 Å². The van der Waals surface area contributed by atoms with Crippen LogP contribution in [0.15, 0.2) is 58.6 Å². The zero-order valence-electron chi connectivity index (χ0n) is 20.7. The Kier molecular flexibility index (Phi) is 8.75. The van der Waals surface area contributed by atoms with Crippen LogP contribution in [0.4, 0.5) is 0 Å². The number of nitrogens with zero attached hydrogens (tertiary/aromatic N) is 4. The molecule has 1 amide bonds. The van der Waals surface area contributed by atoms with Crippen molar-refractivity contribution in [3.8, 4) is 5.69 Å². The highest BCUT2D eigenvalue weighted by molar-refractivity contribution is 7.99. The molecule has 1 fully saturated rings. The average molecular weight is 544 g/mol. The Hall–Kier alpha value is -3.06. The van der Waals surface area contributed by atoms with E-state index in [-0.39, 0.29) is 22.3 Å². The van der Waals surface area contributed by atoms with Crippen molar-refractivity contribution < 1.29 is 22.7 Å². The van der Waals surface area contributed by atoms with Gasteiger partial charge in [0.2, 0.25) is 15.9 Å². The first-order valence-electron chi connectivity index (χ1n) is 11.9. The minimum absolute atomic E-state index is 0.102. The van der Waals surface area contributed by atoms with Gasteiger partial charge in [-0.05, 0) is 31.2 Å². The normalized spacial score (nSPS) is 14.4. The number of aryl methyl sites for hydroxylation is 1. The number of hydrogen-bond acceptors (Lipinski definition) is 8. The third kappa shape index (κ3) is 6.63. The summed E-state index contributed by atoms with van der Waals surface area (Å²) in [5.41, 5.74) is 2.39.